The molecule has 0 radical (unpaired) electrons. The van der Waals surface area contributed by atoms with E-state index in [2.05, 4.69) is 15.0 Å². The third-order valence-corrected chi connectivity index (χ3v) is 5.59. The lowest BCUT2D eigenvalue weighted by molar-refractivity contribution is -0.141. The van der Waals surface area contributed by atoms with Gasteiger partial charge in [-0.05, 0) is 69.2 Å². The molecule has 2 aromatic carbocycles. The number of carbonyl (C=O) groups excluding carboxylic acids is 1. The van der Waals surface area contributed by atoms with E-state index in [4.69, 9.17) is 16.3 Å². The van der Waals surface area contributed by atoms with Gasteiger partial charge in [0.2, 0.25) is 0 Å². The molecule has 0 amide bonds. The van der Waals surface area contributed by atoms with E-state index in [0.29, 0.717) is 22.4 Å². The number of nitrogens with zero attached hydrogens (tertiary/aromatic N) is 1. The second-order valence-electron chi connectivity index (χ2n) is 6.10. The molecule has 0 aliphatic carbocycles. The average Bonchev–Trinajstić information content (AvgIpc) is 2.64. The van der Waals surface area contributed by atoms with Gasteiger partial charge in [-0.25, -0.2) is 4.21 Å². The quantitative estimate of drug-likeness (QED) is 0.392. The maximum absolute atomic E-state index is 12.6. The summed E-state index contributed by atoms with van der Waals surface area (Å²) in [6, 6.07) is 10.9. The Balaban J connectivity index is 2.05. The van der Waals surface area contributed by atoms with Crippen LogP contribution in [0.25, 0.3) is 0 Å². The van der Waals surface area contributed by atoms with Crippen molar-refractivity contribution in [2.75, 3.05) is 23.2 Å². The highest BCUT2D eigenvalue weighted by atomic mass is 35.5. The van der Waals surface area contributed by atoms with E-state index in [-0.39, 0.29) is 12.5 Å². The van der Waals surface area contributed by atoms with E-state index >= 15 is 0 Å². The van der Waals surface area contributed by atoms with E-state index in [9.17, 15) is 9.00 Å². The first-order valence-electron chi connectivity index (χ1n) is 8.79. The average molecular weight is 422 g/mol. The third kappa shape index (κ3) is 6.07. The minimum atomic E-state index is -1.42. The second kappa shape index (κ2) is 10.2. The molecule has 1 atom stereocenters. The highest BCUT2D eigenvalue weighted by Crippen LogP contribution is 2.24. The number of carbonyl (C=O) groups is 1. The molecule has 0 aromatic heterocycles. The third-order valence-electron chi connectivity index (χ3n) is 3.92. The summed E-state index contributed by atoms with van der Waals surface area (Å²) < 4.78 is 20.5. The molecular formula is C20H24ClN3O3S. The number of amidine groups is 1. The topological polar surface area (TPSA) is 79.8 Å². The zero-order valence-corrected chi connectivity index (χ0v) is 17.9. The lowest BCUT2D eigenvalue weighted by Crippen LogP contribution is -2.14. The van der Waals surface area contributed by atoms with Gasteiger partial charge in [0.15, 0.2) is 11.0 Å². The van der Waals surface area contributed by atoms with Crippen molar-refractivity contribution in [1.82, 2.24) is 0 Å². The van der Waals surface area contributed by atoms with Gasteiger partial charge in [0, 0.05) is 16.4 Å². The number of benzene rings is 2. The van der Waals surface area contributed by atoms with Crippen LogP contribution in [0.15, 0.2) is 46.3 Å². The Bertz CT molecular complexity index is 916. The van der Waals surface area contributed by atoms with Crippen molar-refractivity contribution in [1.29, 1.82) is 0 Å². The maximum atomic E-state index is 12.6. The first-order valence-corrected chi connectivity index (χ1v) is 10.3. The van der Waals surface area contributed by atoms with Gasteiger partial charge >= 0.3 is 5.97 Å². The Hall–Kier alpha value is -2.38. The summed E-state index contributed by atoms with van der Waals surface area (Å²) in [7, 11) is -1.42. The van der Waals surface area contributed by atoms with Gasteiger partial charge in [0.1, 0.15) is 6.54 Å². The summed E-state index contributed by atoms with van der Waals surface area (Å²) in [5.41, 5.74) is 3.30. The summed E-state index contributed by atoms with van der Waals surface area (Å²) >= 11 is 6.11. The Labute approximate surface area is 172 Å². The van der Waals surface area contributed by atoms with Crippen molar-refractivity contribution in [3.8, 4) is 0 Å². The van der Waals surface area contributed by atoms with Crippen LogP contribution in [0.4, 0.5) is 11.4 Å². The standard InChI is InChI=1S/C20H24ClN3O3S/c1-5-27-20(25)12-22-15(4)23-18-10-9-16(11-13(18)2)24-28(26)19-8-6-7-17(21)14(19)3/h6-11,24H,5,12H2,1-4H3,(H,22,23). The number of hydrogen-bond donors (Lipinski definition) is 2. The maximum Gasteiger partial charge on any atom is 0.327 e. The highest BCUT2D eigenvalue weighted by Gasteiger charge is 2.10. The molecule has 1 unspecified atom stereocenters. The van der Waals surface area contributed by atoms with E-state index in [1.165, 1.54) is 0 Å². The van der Waals surface area contributed by atoms with Crippen LogP contribution >= 0.6 is 11.6 Å². The van der Waals surface area contributed by atoms with Gasteiger partial charge in [-0.2, -0.15) is 0 Å². The first kappa shape index (κ1) is 21.9. The monoisotopic (exact) mass is 421 g/mol. The molecule has 0 saturated heterocycles. The van der Waals surface area contributed by atoms with Crippen LogP contribution in [0.2, 0.25) is 5.02 Å². The van der Waals surface area contributed by atoms with Gasteiger partial charge in [-0.3, -0.25) is 9.79 Å². The zero-order chi connectivity index (χ0) is 20.7. The molecule has 0 aliphatic rings. The fraction of sp³-hybridized carbons (Fsp3) is 0.300. The lowest BCUT2D eigenvalue weighted by Gasteiger charge is -2.13. The predicted molar refractivity (Wildman–Crippen MR) is 116 cm³/mol. The number of anilines is 2. The zero-order valence-electron chi connectivity index (χ0n) is 16.3. The molecule has 6 nitrogen and oxygen atoms in total. The molecule has 2 rings (SSSR count). The minimum absolute atomic E-state index is 0.0245. The Morgan fingerprint density at radius 2 is 2.00 bits per heavy atom. The molecule has 8 heteroatoms. The number of nitrogens with one attached hydrogen (secondary N) is 2. The van der Waals surface area contributed by atoms with Gasteiger partial charge in [-0.15, -0.1) is 0 Å². The van der Waals surface area contributed by atoms with Crippen molar-refractivity contribution in [2.45, 2.75) is 32.6 Å². The Kier molecular flexibility index (Phi) is 8.02. The molecule has 150 valence electrons. The normalized spacial score (nSPS) is 12.4. The van der Waals surface area contributed by atoms with E-state index in [0.717, 1.165) is 22.5 Å². The van der Waals surface area contributed by atoms with Gasteiger partial charge in [0.25, 0.3) is 0 Å². The predicted octanol–water partition coefficient (Wildman–Crippen LogP) is 4.48. The lowest BCUT2D eigenvalue weighted by atomic mass is 10.2. The number of aliphatic imine (C=N–C) groups is 1. The number of aryl methyl sites for hydroxylation is 1. The minimum Gasteiger partial charge on any atom is -0.465 e. The molecule has 2 N–H and O–H groups in total. The smallest absolute Gasteiger partial charge is 0.327 e. The number of rotatable bonds is 7. The molecule has 0 fully saturated rings. The summed E-state index contributed by atoms with van der Waals surface area (Å²) in [6.45, 7) is 7.62. The summed E-state index contributed by atoms with van der Waals surface area (Å²) in [5, 5.41) is 3.74. The van der Waals surface area contributed by atoms with Crippen molar-refractivity contribution in [3.05, 3.63) is 52.5 Å². The molecule has 0 aliphatic heterocycles. The Morgan fingerprint density at radius 3 is 2.68 bits per heavy atom. The molecule has 28 heavy (non-hydrogen) atoms. The van der Waals surface area contributed by atoms with Crippen LogP contribution in [0, 0.1) is 13.8 Å². The number of hydrogen-bond acceptors (Lipinski definition) is 4. The van der Waals surface area contributed by atoms with Crippen LogP contribution < -0.4 is 10.0 Å². The summed E-state index contributed by atoms with van der Waals surface area (Å²) in [5.74, 6) is 0.244. The summed E-state index contributed by atoms with van der Waals surface area (Å²) in [4.78, 5) is 16.2. The van der Waals surface area contributed by atoms with Crippen LogP contribution in [-0.2, 0) is 20.5 Å². The molecular weight excluding hydrogens is 398 g/mol. The summed E-state index contributed by atoms with van der Waals surface area (Å²) in [6.07, 6.45) is 0. The highest BCUT2D eigenvalue weighted by molar-refractivity contribution is 7.86. The SMILES string of the molecule is CCOC(=O)CN=C(C)Nc1ccc(NS(=O)c2cccc(Cl)c2C)cc1C. The fourth-order valence-electron chi connectivity index (χ4n) is 2.44. The van der Waals surface area contributed by atoms with Crippen molar-refractivity contribution in [3.63, 3.8) is 0 Å². The first-order chi connectivity index (χ1) is 13.3. The van der Waals surface area contributed by atoms with Crippen LogP contribution in [-0.4, -0.2) is 29.2 Å². The van der Waals surface area contributed by atoms with Gasteiger partial charge < -0.3 is 14.8 Å². The van der Waals surface area contributed by atoms with E-state index in [1.54, 1.807) is 32.0 Å². The molecule has 2 aromatic rings. The van der Waals surface area contributed by atoms with Crippen molar-refractivity contribution in [2.24, 2.45) is 4.99 Å². The Morgan fingerprint density at radius 1 is 1.25 bits per heavy atom. The molecule has 0 saturated carbocycles. The molecule has 0 bridgehead atoms. The van der Waals surface area contributed by atoms with Gasteiger partial charge in [-0.1, -0.05) is 17.7 Å². The number of esters is 1. The largest absolute Gasteiger partial charge is 0.465 e. The molecule has 0 spiro atoms. The van der Waals surface area contributed by atoms with E-state index < -0.39 is 11.0 Å². The van der Waals surface area contributed by atoms with Crippen LogP contribution in [0.5, 0.6) is 0 Å². The van der Waals surface area contributed by atoms with Crippen molar-refractivity contribution < 1.29 is 13.7 Å². The number of ether oxygens (including phenoxy) is 1. The van der Waals surface area contributed by atoms with Crippen molar-refractivity contribution >= 4 is 45.8 Å². The van der Waals surface area contributed by atoms with Crippen LogP contribution in [0.3, 0.4) is 0 Å². The van der Waals surface area contributed by atoms with Crippen LogP contribution in [0.1, 0.15) is 25.0 Å². The second-order valence-corrected chi connectivity index (χ2v) is 7.68. The number of halogens is 1. The fourth-order valence-corrected chi connectivity index (χ4v) is 3.71. The molecule has 0 heterocycles. The van der Waals surface area contributed by atoms with Gasteiger partial charge in [0.05, 0.1) is 17.3 Å². The van der Waals surface area contributed by atoms with E-state index in [1.807, 2.05) is 32.0 Å².